The van der Waals surface area contributed by atoms with Crippen LogP contribution < -0.4 is 0 Å². The van der Waals surface area contributed by atoms with Crippen molar-refractivity contribution < 1.29 is 0 Å². The van der Waals surface area contributed by atoms with E-state index in [0.717, 1.165) is 27.5 Å². The van der Waals surface area contributed by atoms with E-state index >= 15 is 0 Å². The lowest BCUT2D eigenvalue weighted by Gasteiger charge is -1.95. The van der Waals surface area contributed by atoms with E-state index in [1.54, 1.807) is 4.52 Å². The normalized spacial score (nSPS) is 10.9. The number of fused-ring (bicyclic) bond motifs is 1. The molecule has 17 heavy (non-hydrogen) atoms. The molecule has 3 nitrogen and oxygen atoms in total. The van der Waals surface area contributed by atoms with Gasteiger partial charge < -0.3 is 0 Å². The molecule has 84 valence electrons. The van der Waals surface area contributed by atoms with E-state index in [4.69, 9.17) is 11.6 Å². The van der Waals surface area contributed by atoms with Gasteiger partial charge in [0.1, 0.15) is 0 Å². The van der Waals surface area contributed by atoms with Crippen molar-refractivity contribution in [3.05, 3.63) is 53.3 Å². The van der Waals surface area contributed by atoms with Crippen molar-refractivity contribution >= 4 is 17.2 Å². The van der Waals surface area contributed by atoms with E-state index in [0.29, 0.717) is 0 Å². The van der Waals surface area contributed by atoms with Crippen LogP contribution in [0.15, 0.2) is 42.7 Å². The molecule has 0 aliphatic rings. The van der Waals surface area contributed by atoms with Gasteiger partial charge in [0.05, 0.1) is 5.69 Å². The molecule has 2 aromatic heterocycles. The highest BCUT2D eigenvalue weighted by molar-refractivity contribution is 6.30. The van der Waals surface area contributed by atoms with Crippen molar-refractivity contribution in [1.29, 1.82) is 0 Å². The van der Waals surface area contributed by atoms with Crippen LogP contribution in [-0.2, 0) is 0 Å². The summed E-state index contributed by atoms with van der Waals surface area (Å²) in [7, 11) is 0. The lowest BCUT2D eigenvalue weighted by molar-refractivity contribution is 0.931. The van der Waals surface area contributed by atoms with E-state index in [-0.39, 0.29) is 0 Å². The van der Waals surface area contributed by atoms with Crippen LogP contribution in [0.4, 0.5) is 0 Å². The van der Waals surface area contributed by atoms with Crippen molar-refractivity contribution in [2.24, 2.45) is 0 Å². The van der Waals surface area contributed by atoms with Gasteiger partial charge in [0.15, 0.2) is 5.65 Å². The smallest absolute Gasteiger partial charge is 0.155 e. The summed E-state index contributed by atoms with van der Waals surface area (Å²) in [6, 6.07) is 9.59. The van der Waals surface area contributed by atoms with Crippen LogP contribution in [0.1, 0.15) is 5.56 Å². The molecule has 0 atom stereocenters. The summed E-state index contributed by atoms with van der Waals surface area (Å²) in [5, 5.41) is 5.21. The Labute approximate surface area is 104 Å². The molecule has 0 aliphatic carbocycles. The minimum atomic E-state index is 0.728. The first-order valence-electron chi connectivity index (χ1n) is 5.30. The lowest BCUT2D eigenvalue weighted by Crippen LogP contribution is -1.90. The Hall–Kier alpha value is -1.87. The Morgan fingerprint density at radius 2 is 1.94 bits per heavy atom. The highest BCUT2D eigenvalue weighted by Gasteiger charge is 2.04. The SMILES string of the molecule is Cc1cnc2cc(-c3ccc(Cl)cc3)nn2c1. The minimum absolute atomic E-state index is 0.728. The van der Waals surface area contributed by atoms with Gasteiger partial charge in [-0.05, 0) is 24.6 Å². The number of hydrogen-bond acceptors (Lipinski definition) is 2. The zero-order valence-corrected chi connectivity index (χ0v) is 10.0. The maximum atomic E-state index is 5.86. The third-order valence-electron chi connectivity index (χ3n) is 2.58. The summed E-state index contributed by atoms with van der Waals surface area (Å²) >= 11 is 5.86. The summed E-state index contributed by atoms with van der Waals surface area (Å²) in [5.74, 6) is 0. The Kier molecular flexibility index (Phi) is 2.34. The van der Waals surface area contributed by atoms with Crippen molar-refractivity contribution in [2.75, 3.05) is 0 Å². The number of aryl methyl sites for hydroxylation is 1. The van der Waals surface area contributed by atoms with Gasteiger partial charge >= 0.3 is 0 Å². The number of hydrogen-bond donors (Lipinski definition) is 0. The second-order valence-corrected chi connectivity index (χ2v) is 4.41. The summed E-state index contributed by atoms with van der Waals surface area (Å²) in [4.78, 5) is 4.32. The maximum Gasteiger partial charge on any atom is 0.155 e. The third kappa shape index (κ3) is 1.89. The molecule has 0 saturated carbocycles. The first kappa shape index (κ1) is 10.3. The number of aromatic nitrogens is 3. The molecule has 0 spiro atoms. The van der Waals surface area contributed by atoms with Crippen molar-refractivity contribution in [2.45, 2.75) is 6.92 Å². The van der Waals surface area contributed by atoms with Gasteiger partial charge in [0, 0.05) is 29.0 Å². The van der Waals surface area contributed by atoms with Crippen molar-refractivity contribution in [3.8, 4) is 11.3 Å². The van der Waals surface area contributed by atoms with Gasteiger partial charge in [0.25, 0.3) is 0 Å². The molecule has 3 aromatic rings. The minimum Gasteiger partial charge on any atom is -0.237 e. The Morgan fingerprint density at radius 3 is 2.71 bits per heavy atom. The molecule has 0 fully saturated rings. The molecule has 0 amide bonds. The maximum absolute atomic E-state index is 5.86. The molecule has 0 saturated heterocycles. The predicted molar refractivity (Wildman–Crippen MR) is 68.2 cm³/mol. The Bertz CT molecular complexity index is 671. The van der Waals surface area contributed by atoms with Crippen LogP contribution in [0, 0.1) is 6.92 Å². The number of halogens is 1. The van der Waals surface area contributed by atoms with Gasteiger partial charge in [-0.25, -0.2) is 9.50 Å². The molecular weight excluding hydrogens is 234 g/mol. The quantitative estimate of drug-likeness (QED) is 0.656. The highest BCUT2D eigenvalue weighted by atomic mass is 35.5. The first-order valence-corrected chi connectivity index (χ1v) is 5.68. The molecule has 1 aromatic carbocycles. The van der Waals surface area contributed by atoms with E-state index in [2.05, 4.69) is 10.1 Å². The number of rotatable bonds is 1. The van der Waals surface area contributed by atoms with Crippen LogP contribution in [0.5, 0.6) is 0 Å². The van der Waals surface area contributed by atoms with E-state index in [1.165, 1.54) is 0 Å². The monoisotopic (exact) mass is 243 g/mol. The van der Waals surface area contributed by atoms with Gasteiger partial charge in [0.2, 0.25) is 0 Å². The third-order valence-corrected chi connectivity index (χ3v) is 2.83. The van der Waals surface area contributed by atoms with Gasteiger partial charge in [-0.15, -0.1) is 0 Å². The highest BCUT2D eigenvalue weighted by Crippen LogP contribution is 2.21. The average Bonchev–Trinajstić information content (AvgIpc) is 2.72. The van der Waals surface area contributed by atoms with Gasteiger partial charge in [-0.2, -0.15) is 5.10 Å². The van der Waals surface area contributed by atoms with Gasteiger partial charge in [-0.3, -0.25) is 0 Å². The van der Waals surface area contributed by atoms with E-state index in [1.807, 2.05) is 49.6 Å². The average molecular weight is 244 g/mol. The molecule has 2 heterocycles. The summed E-state index contributed by atoms with van der Waals surface area (Å²) < 4.78 is 1.79. The largest absolute Gasteiger partial charge is 0.237 e. The molecule has 0 aliphatic heterocycles. The zero-order valence-electron chi connectivity index (χ0n) is 9.26. The van der Waals surface area contributed by atoms with Crippen molar-refractivity contribution in [1.82, 2.24) is 14.6 Å². The predicted octanol–water partition coefficient (Wildman–Crippen LogP) is 3.36. The zero-order chi connectivity index (χ0) is 11.8. The fourth-order valence-corrected chi connectivity index (χ4v) is 1.86. The molecule has 0 radical (unpaired) electrons. The molecule has 3 rings (SSSR count). The van der Waals surface area contributed by atoms with Crippen LogP contribution in [-0.4, -0.2) is 14.6 Å². The first-order chi connectivity index (χ1) is 8.22. The molecule has 0 unspecified atom stereocenters. The summed E-state index contributed by atoms with van der Waals surface area (Å²) in [6.07, 6.45) is 3.80. The second kappa shape index (κ2) is 3.86. The van der Waals surface area contributed by atoms with Crippen LogP contribution in [0.25, 0.3) is 16.9 Å². The summed E-state index contributed by atoms with van der Waals surface area (Å²) in [6.45, 7) is 2.00. The Balaban J connectivity index is 2.14. The topological polar surface area (TPSA) is 30.2 Å². The van der Waals surface area contributed by atoms with Crippen LogP contribution >= 0.6 is 11.6 Å². The summed E-state index contributed by atoms with van der Waals surface area (Å²) in [5.41, 5.74) is 3.88. The van der Waals surface area contributed by atoms with Gasteiger partial charge in [-0.1, -0.05) is 23.7 Å². The fourth-order valence-electron chi connectivity index (χ4n) is 1.73. The lowest BCUT2D eigenvalue weighted by atomic mass is 10.2. The fraction of sp³-hybridized carbons (Fsp3) is 0.0769. The number of nitrogens with zero attached hydrogens (tertiary/aromatic N) is 3. The van der Waals surface area contributed by atoms with Crippen molar-refractivity contribution in [3.63, 3.8) is 0 Å². The standard InChI is InChI=1S/C13H10ClN3/c1-9-7-15-13-6-12(16-17(13)8-9)10-2-4-11(14)5-3-10/h2-8H,1H3. The molecule has 0 N–H and O–H groups in total. The molecule has 4 heteroatoms. The number of benzene rings is 1. The second-order valence-electron chi connectivity index (χ2n) is 3.97. The molecule has 0 bridgehead atoms. The Morgan fingerprint density at radius 1 is 1.18 bits per heavy atom. The molecular formula is C13H10ClN3. The van der Waals surface area contributed by atoms with E-state index in [9.17, 15) is 0 Å². The van der Waals surface area contributed by atoms with Crippen LogP contribution in [0.2, 0.25) is 5.02 Å². The van der Waals surface area contributed by atoms with Crippen LogP contribution in [0.3, 0.4) is 0 Å². The van der Waals surface area contributed by atoms with E-state index < -0.39 is 0 Å².